The molecule has 0 radical (unpaired) electrons. The number of hydrogen-bond acceptors (Lipinski definition) is 5. The summed E-state index contributed by atoms with van der Waals surface area (Å²) in [5.41, 5.74) is 0. The highest BCUT2D eigenvalue weighted by atomic mass is 16.6. The van der Waals surface area contributed by atoms with Crippen LogP contribution in [0.5, 0.6) is 0 Å². The van der Waals surface area contributed by atoms with E-state index in [9.17, 15) is 15.0 Å². The monoisotopic (exact) mass is 203 g/mol. The molecule has 1 aliphatic heterocycles. The third-order valence-corrected chi connectivity index (χ3v) is 2.91. The van der Waals surface area contributed by atoms with Crippen LogP contribution in [0.2, 0.25) is 0 Å². The summed E-state index contributed by atoms with van der Waals surface area (Å²) in [6.45, 7) is -0.223. The average molecular weight is 203 g/mol. The number of alkyl carbamates (subject to hydrolysis) is 1. The first-order chi connectivity index (χ1) is 6.63. The number of carbonyl (C=O) groups excluding carboxylic acids is 1. The fourth-order valence-corrected chi connectivity index (χ4v) is 2.09. The Labute approximate surface area is 80.5 Å². The summed E-state index contributed by atoms with van der Waals surface area (Å²) in [5.74, 6) is -0.432. The summed E-state index contributed by atoms with van der Waals surface area (Å²) in [7, 11) is 0. The van der Waals surface area contributed by atoms with Crippen LogP contribution in [0.1, 0.15) is 6.42 Å². The van der Waals surface area contributed by atoms with Gasteiger partial charge in [-0.05, 0) is 6.42 Å². The lowest BCUT2D eigenvalue weighted by molar-refractivity contribution is -0.0956. The second-order valence-electron chi connectivity index (χ2n) is 3.77. The lowest BCUT2D eigenvalue weighted by Crippen LogP contribution is -2.56. The first kappa shape index (κ1) is 9.70. The van der Waals surface area contributed by atoms with Crippen LogP contribution < -0.4 is 5.32 Å². The van der Waals surface area contributed by atoms with Gasteiger partial charge in [-0.1, -0.05) is 0 Å². The van der Waals surface area contributed by atoms with Gasteiger partial charge in [0.2, 0.25) is 0 Å². The van der Waals surface area contributed by atoms with Gasteiger partial charge < -0.3 is 25.4 Å². The van der Waals surface area contributed by atoms with E-state index >= 15 is 0 Å². The minimum absolute atomic E-state index is 0.223. The van der Waals surface area contributed by atoms with Gasteiger partial charge >= 0.3 is 6.09 Å². The number of amides is 1. The lowest BCUT2D eigenvalue weighted by atomic mass is 9.80. The molecule has 4 N–H and O–H groups in total. The van der Waals surface area contributed by atoms with Crippen LogP contribution in [0.3, 0.4) is 0 Å². The zero-order valence-electron chi connectivity index (χ0n) is 7.46. The molecule has 0 unspecified atom stereocenters. The molecule has 2 fully saturated rings. The Bertz CT molecular complexity index is 246. The molecule has 1 aliphatic carbocycles. The average Bonchev–Trinajstić information content (AvgIpc) is 2.52. The van der Waals surface area contributed by atoms with Crippen LogP contribution in [-0.4, -0.2) is 52.4 Å². The van der Waals surface area contributed by atoms with Gasteiger partial charge in [-0.2, -0.15) is 0 Å². The molecule has 2 rings (SSSR count). The SMILES string of the molecule is O=C1N[C@@H]2[C@@H](O)[C@H](O)[C@@H](CO)C[C@@H]2O1. The molecule has 5 atom stereocenters. The third kappa shape index (κ3) is 1.35. The molecule has 6 nitrogen and oxygen atoms in total. The van der Waals surface area contributed by atoms with Crippen molar-refractivity contribution in [2.45, 2.75) is 30.8 Å². The van der Waals surface area contributed by atoms with E-state index in [-0.39, 0.29) is 6.61 Å². The van der Waals surface area contributed by atoms with E-state index in [1.165, 1.54) is 0 Å². The summed E-state index contributed by atoms with van der Waals surface area (Å²) in [6.07, 6.45) is -2.73. The molecule has 6 heteroatoms. The van der Waals surface area contributed by atoms with E-state index in [1.54, 1.807) is 0 Å². The fraction of sp³-hybridized carbons (Fsp3) is 0.875. The van der Waals surface area contributed by atoms with Gasteiger partial charge in [-0.25, -0.2) is 4.79 Å². The highest BCUT2D eigenvalue weighted by molar-refractivity contribution is 5.70. The van der Waals surface area contributed by atoms with Crippen LogP contribution in [0.15, 0.2) is 0 Å². The predicted octanol–water partition coefficient (Wildman–Crippen LogP) is -1.80. The maximum Gasteiger partial charge on any atom is 0.407 e. The number of aliphatic hydroxyl groups is 3. The minimum atomic E-state index is -1.07. The molecular weight excluding hydrogens is 190 g/mol. The molecule has 2 aliphatic rings. The Balaban J connectivity index is 2.13. The molecule has 80 valence electrons. The Hall–Kier alpha value is -0.850. The molecule has 0 aromatic carbocycles. The second kappa shape index (κ2) is 3.38. The quantitative estimate of drug-likeness (QED) is 0.403. The molecule has 14 heavy (non-hydrogen) atoms. The molecule has 0 spiro atoms. The maximum absolute atomic E-state index is 10.9. The van der Waals surface area contributed by atoms with Gasteiger partial charge in [-0.15, -0.1) is 0 Å². The van der Waals surface area contributed by atoms with Crippen molar-refractivity contribution in [3.05, 3.63) is 0 Å². The van der Waals surface area contributed by atoms with Gasteiger partial charge in [0.25, 0.3) is 0 Å². The van der Waals surface area contributed by atoms with Crippen molar-refractivity contribution in [2.75, 3.05) is 6.61 Å². The molecule has 0 bridgehead atoms. The first-order valence-corrected chi connectivity index (χ1v) is 4.57. The molecule has 1 heterocycles. The van der Waals surface area contributed by atoms with Crippen LogP contribution in [0.25, 0.3) is 0 Å². The lowest BCUT2D eigenvalue weighted by Gasteiger charge is -2.36. The number of hydrogen-bond donors (Lipinski definition) is 4. The Morgan fingerprint density at radius 3 is 2.79 bits per heavy atom. The third-order valence-electron chi connectivity index (χ3n) is 2.91. The van der Waals surface area contributed by atoms with E-state index in [0.29, 0.717) is 6.42 Å². The van der Waals surface area contributed by atoms with Gasteiger partial charge in [0.1, 0.15) is 12.2 Å². The number of nitrogens with one attached hydrogen (secondary N) is 1. The van der Waals surface area contributed by atoms with Crippen LogP contribution in [0, 0.1) is 5.92 Å². The number of aliphatic hydroxyl groups excluding tert-OH is 3. The Morgan fingerprint density at radius 2 is 2.14 bits per heavy atom. The normalized spacial score (nSPS) is 46.8. The highest BCUT2D eigenvalue weighted by Crippen LogP contribution is 2.30. The summed E-state index contributed by atoms with van der Waals surface area (Å²) in [5, 5.41) is 30.5. The summed E-state index contributed by atoms with van der Waals surface area (Å²) in [6, 6.07) is -0.555. The van der Waals surface area contributed by atoms with E-state index in [0.717, 1.165) is 0 Å². The van der Waals surface area contributed by atoms with Gasteiger partial charge in [0.05, 0.1) is 12.1 Å². The number of carbonyl (C=O) groups is 1. The van der Waals surface area contributed by atoms with Crippen molar-refractivity contribution in [3.8, 4) is 0 Å². The van der Waals surface area contributed by atoms with Crippen LogP contribution >= 0.6 is 0 Å². The second-order valence-corrected chi connectivity index (χ2v) is 3.77. The summed E-state index contributed by atoms with van der Waals surface area (Å²) < 4.78 is 4.88. The van der Waals surface area contributed by atoms with Crippen molar-refractivity contribution in [1.29, 1.82) is 0 Å². The van der Waals surface area contributed by atoms with E-state index in [2.05, 4.69) is 5.32 Å². The first-order valence-electron chi connectivity index (χ1n) is 4.57. The zero-order valence-corrected chi connectivity index (χ0v) is 7.46. The Kier molecular flexibility index (Phi) is 2.34. The zero-order chi connectivity index (χ0) is 10.3. The molecule has 1 saturated carbocycles. The summed E-state index contributed by atoms with van der Waals surface area (Å²) >= 11 is 0. The summed E-state index contributed by atoms with van der Waals surface area (Å²) in [4.78, 5) is 10.9. The molecule has 1 amide bonds. The fourth-order valence-electron chi connectivity index (χ4n) is 2.09. The van der Waals surface area contributed by atoms with E-state index in [4.69, 9.17) is 9.84 Å². The van der Waals surface area contributed by atoms with Crippen LogP contribution in [-0.2, 0) is 4.74 Å². The largest absolute Gasteiger partial charge is 0.444 e. The van der Waals surface area contributed by atoms with Gasteiger partial charge in [0, 0.05) is 12.5 Å². The van der Waals surface area contributed by atoms with Gasteiger partial charge in [-0.3, -0.25) is 0 Å². The van der Waals surface area contributed by atoms with Crippen molar-refractivity contribution < 1.29 is 24.9 Å². The standard InChI is InChI=1S/C8H13NO5/c10-2-3-1-4-5(7(12)6(3)11)9-8(13)14-4/h3-7,10-12H,1-2H2,(H,9,13)/t3-,4+,5+,6-,7-/m1/s1. The number of fused-ring (bicyclic) bond motifs is 1. The van der Waals surface area contributed by atoms with Crippen molar-refractivity contribution in [3.63, 3.8) is 0 Å². The topological polar surface area (TPSA) is 99.0 Å². The van der Waals surface area contributed by atoms with Crippen molar-refractivity contribution in [2.24, 2.45) is 5.92 Å². The van der Waals surface area contributed by atoms with E-state index < -0.39 is 36.4 Å². The van der Waals surface area contributed by atoms with E-state index in [1.807, 2.05) is 0 Å². The van der Waals surface area contributed by atoms with Gasteiger partial charge in [0.15, 0.2) is 0 Å². The smallest absolute Gasteiger partial charge is 0.407 e. The molecular formula is C8H13NO5. The number of ether oxygens (including phenoxy) is 1. The Morgan fingerprint density at radius 1 is 1.43 bits per heavy atom. The maximum atomic E-state index is 10.9. The number of rotatable bonds is 1. The molecule has 0 aromatic rings. The molecule has 1 saturated heterocycles. The highest BCUT2D eigenvalue weighted by Gasteiger charge is 2.49. The molecule has 0 aromatic heterocycles. The van der Waals surface area contributed by atoms with Crippen molar-refractivity contribution >= 4 is 6.09 Å². The van der Waals surface area contributed by atoms with Crippen LogP contribution in [0.4, 0.5) is 4.79 Å². The van der Waals surface area contributed by atoms with Crippen molar-refractivity contribution in [1.82, 2.24) is 5.32 Å². The predicted molar refractivity (Wildman–Crippen MR) is 44.4 cm³/mol. The minimum Gasteiger partial charge on any atom is -0.444 e.